The Kier molecular flexibility index (Phi) is 7.40. The molecule has 150 valence electrons. The van der Waals surface area contributed by atoms with Crippen LogP contribution in [0.4, 0.5) is 5.82 Å². The van der Waals surface area contributed by atoms with Crippen molar-refractivity contribution in [2.75, 3.05) is 24.5 Å². The lowest BCUT2D eigenvalue weighted by atomic mass is 9.95. The van der Waals surface area contributed by atoms with Crippen LogP contribution in [0.2, 0.25) is 0 Å². The van der Waals surface area contributed by atoms with E-state index in [4.69, 9.17) is 0 Å². The minimum atomic E-state index is 0.126. The van der Waals surface area contributed by atoms with Crippen LogP contribution >= 0.6 is 0 Å². The summed E-state index contributed by atoms with van der Waals surface area (Å²) in [6.07, 6.45) is 8.15. The molecule has 2 aromatic rings. The number of piperidine rings is 1. The van der Waals surface area contributed by atoms with Crippen molar-refractivity contribution in [3.8, 4) is 11.3 Å². The third-order valence-corrected chi connectivity index (χ3v) is 5.52. The van der Waals surface area contributed by atoms with Crippen molar-refractivity contribution >= 4 is 11.7 Å². The van der Waals surface area contributed by atoms with Gasteiger partial charge >= 0.3 is 0 Å². The molecule has 5 heteroatoms. The molecule has 3 rings (SSSR count). The lowest BCUT2D eigenvalue weighted by molar-refractivity contribution is -0.125. The van der Waals surface area contributed by atoms with Gasteiger partial charge in [0.25, 0.3) is 0 Å². The normalized spacial score (nSPS) is 14.9. The molecular weight excluding hydrogens is 348 g/mol. The number of hydrogen-bond donors (Lipinski definition) is 1. The van der Waals surface area contributed by atoms with Crippen LogP contribution < -0.4 is 10.2 Å². The number of rotatable bonds is 8. The molecule has 1 aliphatic rings. The molecular formula is C23H32N4O. The Bertz CT molecular complexity index is 751. The van der Waals surface area contributed by atoms with E-state index in [2.05, 4.69) is 64.4 Å². The number of anilines is 1. The van der Waals surface area contributed by atoms with Crippen LogP contribution in [-0.2, 0) is 4.79 Å². The Morgan fingerprint density at radius 3 is 2.57 bits per heavy atom. The monoisotopic (exact) mass is 380 g/mol. The molecule has 1 amide bonds. The second-order valence-electron chi connectivity index (χ2n) is 7.74. The van der Waals surface area contributed by atoms with Gasteiger partial charge in [-0.3, -0.25) is 4.79 Å². The number of aryl methyl sites for hydroxylation is 1. The van der Waals surface area contributed by atoms with Gasteiger partial charge in [0.1, 0.15) is 12.1 Å². The van der Waals surface area contributed by atoms with Crippen molar-refractivity contribution in [1.29, 1.82) is 0 Å². The number of carbonyl (C=O) groups excluding carboxylic acids is 1. The SMILES string of the molecule is CCCCCCNC(=O)C1CCN(c2cc(-c3ccc(C)cc3)ncn2)CC1. The van der Waals surface area contributed by atoms with E-state index in [1.807, 2.05) is 0 Å². The maximum Gasteiger partial charge on any atom is 0.223 e. The molecule has 0 aliphatic carbocycles. The highest BCUT2D eigenvalue weighted by molar-refractivity contribution is 5.79. The summed E-state index contributed by atoms with van der Waals surface area (Å²) in [5.74, 6) is 1.30. The minimum absolute atomic E-state index is 0.126. The smallest absolute Gasteiger partial charge is 0.223 e. The van der Waals surface area contributed by atoms with Crippen LogP contribution in [0.1, 0.15) is 51.0 Å². The average molecular weight is 381 g/mol. The Hall–Kier alpha value is -2.43. The molecule has 0 saturated carbocycles. The van der Waals surface area contributed by atoms with Crippen LogP contribution in [0, 0.1) is 12.8 Å². The molecule has 1 fully saturated rings. The molecule has 1 aromatic heterocycles. The fraction of sp³-hybridized carbons (Fsp3) is 0.522. The first-order valence-corrected chi connectivity index (χ1v) is 10.6. The predicted molar refractivity (Wildman–Crippen MR) is 114 cm³/mol. The van der Waals surface area contributed by atoms with Crippen LogP contribution in [0.3, 0.4) is 0 Å². The first kappa shape index (κ1) is 20.3. The molecule has 0 atom stereocenters. The summed E-state index contributed by atoms with van der Waals surface area (Å²) in [6, 6.07) is 10.4. The van der Waals surface area contributed by atoms with Crippen LogP contribution in [0.5, 0.6) is 0 Å². The molecule has 1 aromatic carbocycles. The Labute approximate surface area is 168 Å². The highest BCUT2D eigenvalue weighted by Gasteiger charge is 2.25. The van der Waals surface area contributed by atoms with Gasteiger partial charge in [0.2, 0.25) is 5.91 Å². The second-order valence-corrected chi connectivity index (χ2v) is 7.74. The summed E-state index contributed by atoms with van der Waals surface area (Å²) < 4.78 is 0. The molecule has 5 nitrogen and oxygen atoms in total. The summed E-state index contributed by atoms with van der Waals surface area (Å²) in [4.78, 5) is 23.6. The largest absolute Gasteiger partial charge is 0.356 e. The number of aromatic nitrogens is 2. The first-order chi connectivity index (χ1) is 13.7. The van der Waals surface area contributed by atoms with E-state index in [1.54, 1.807) is 6.33 Å². The number of nitrogens with one attached hydrogen (secondary N) is 1. The third kappa shape index (κ3) is 5.54. The van der Waals surface area contributed by atoms with E-state index < -0.39 is 0 Å². The zero-order valence-corrected chi connectivity index (χ0v) is 17.2. The number of carbonyl (C=O) groups is 1. The van der Waals surface area contributed by atoms with Crippen molar-refractivity contribution in [3.05, 3.63) is 42.2 Å². The third-order valence-electron chi connectivity index (χ3n) is 5.52. The van der Waals surface area contributed by atoms with Gasteiger partial charge in [0.15, 0.2) is 0 Å². The zero-order valence-electron chi connectivity index (χ0n) is 17.2. The van der Waals surface area contributed by atoms with Crippen molar-refractivity contribution < 1.29 is 4.79 Å². The number of unbranched alkanes of at least 4 members (excludes halogenated alkanes) is 3. The van der Waals surface area contributed by atoms with Crippen molar-refractivity contribution in [3.63, 3.8) is 0 Å². The molecule has 1 aliphatic heterocycles. The maximum atomic E-state index is 12.4. The molecule has 2 heterocycles. The van der Waals surface area contributed by atoms with Crippen LogP contribution in [0.15, 0.2) is 36.7 Å². The molecule has 0 bridgehead atoms. The summed E-state index contributed by atoms with van der Waals surface area (Å²) in [5, 5.41) is 3.12. The fourth-order valence-electron chi connectivity index (χ4n) is 3.68. The van der Waals surface area contributed by atoms with Crippen molar-refractivity contribution in [1.82, 2.24) is 15.3 Å². The van der Waals surface area contributed by atoms with E-state index >= 15 is 0 Å². The van der Waals surface area contributed by atoms with Gasteiger partial charge in [0, 0.05) is 37.2 Å². The summed E-state index contributed by atoms with van der Waals surface area (Å²) in [6.45, 7) is 6.82. The van der Waals surface area contributed by atoms with Gasteiger partial charge in [-0.05, 0) is 26.2 Å². The number of nitrogens with zero attached hydrogens (tertiary/aromatic N) is 3. The highest BCUT2D eigenvalue weighted by atomic mass is 16.1. The number of amides is 1. The topological polar surface area (TPSA) is 58.1 Å². The first-order valence-electron chi connectivity index (χ1n) is 10.6. The van der Waals surface area contributed by atoms with E-state index in [-0.39, 0.29) is 11.8 Å². The van der Waals surface area contributed by atoms with Gasteiger partial charge in [-0.15, -0.1) is 0 Å². The minimum Gasteiger partial charge on any atom is -0.356 e. The van der Waals surface area contributed by atoms with E-state index in [0.29, 0.717) is 0 Å². The van der Waals surface area contributed by atoms with Gasteiger partial charge in [-0.25, -0.2) is 9.97 Å². The second kappa shape index (κ2) is 10.2. The Morgan fingerprint density at radius 2 is 1.86 bits per heavy atom. The van der Waals surface area contributed by atoms with Crippen molar-refractivity contribution in [2.45, 2.75) is 52.4 Å². The van der Waals surface area contributed by atoms with E-state index in [0.717, 1.165) is 56.0 Å². The summed E-state index contributed by atoms with van der Waals surface area (Å²) >= 11 is 0. The maximum absolute atomic E-state index is 12.4. The van der Waals surface area contributed by atoms with Crippen LogP contribution in [0.25, 0.3) is 11.3 Å². The predicted octanol–water partition coefficient (Wildman–Crippen LogP) is 4.36. The Balaban J connectivity index is 1.51. The molecule has 28 heavy (non-hydrogen) atoms. The van der Waals surface area contributed by atoms with Gasteiger partial charge in [0.05, 0.1) is 5.69 Å². The molecule has 1 saturated heterocycles. The molecule has 0 spiro atoms. The number of hydrogen-bond acceptors (Lipinski definition) is 4. The Morgan fingerprint density at radius 1 is 1.11 bits per heavy atom. The lowest BCUT2D eigenvalue weighted by Gasteiger charge is -2.32. The summed E-state index contributed by atoms with van der Waals surface area (Å²) in [5.41, 5.74) is 3.28. The number of benzene rings is 1. The zero-order chi connectivity index (χ0) is 19.8. The molecule has 1 N–H and O–H groups in total. The standard InChI is InChI=1S/C23H32N4O/c1-3-4-5-6-13-24-23(28)20-11-14-27(15-12-20)22-16-21(25-17-26-22)19-9-7-18(2)8-10-19/h7-10,16-17,20H,3-6,11-15H2,1-2H3,(H,24,28). The van der Waals surface area contributed by atoms with Gasteiger partial charge in [-0.1, -0.05) is 56.0 Å². The van der Waals surface area contributed by atoms with Crippen LogP contribution in [-0.4, -0.2) is 35.5 Å². The lowest BCUT2D eigenvalue weighted by Crippen LogP contribution is -2.41. The average Bonchev–Trinajstić information content (AvgIpc) is 2.74. The van der Waals surface area contributed by atoms with Gasteiger partial charge in [-0.2, -0.15) is 0 Å². The van der Waals surface area contributed by atoms with E-state index in [9.17, 15) is 4.79 Å². The quantitative estimate of drug-likeness (QED) is 0.691. The highest BCUT2D eigenvalue weighted by Crippen LogP contribution is 2.25. The van der Waals surface area contributed by atoms with E-state index in [1.165, 1.54) is 24.8 Å². The molecule has 0 unspecified atom stereocenters. The fourth-order valence-corrected chi connectivity index (χ4v) is 3.68. The van der Waals surface area contributed by atoms with Gasteiger partial charge < -0.3 is 10.2 Å². The van der Waals surface area contributed by atoms with Crippen molar-refractivity contribution in [2.24, 2.45) is 5.92 Å². The molecule has 0 radical (unpaired) electrons. The summed E-state index contributed by atoms with van der Waals surface area (Å²) in [7, 11) is 0.